The van der Waals surface area contributed by atoms with Gasteiger partial charge in [0.15, 0.2) is 0 Å². The van der Waals surface area contributed by atoms with Crippen LogP contribution in [-0.4, -0.2) is 38.0 Å². The Morgan fingerprint density at radius 3 is 3.11 bits per heavy atom. The van der Waals surface area contributed by atoms with E-state index >= 15 is 0 Å². The Labute approximate surface area is 111 Å². The molecule has 6 heteroatoms. The van der Waals surface area contributed by atoms with Crippen LogP contribution in [0.5, 0.6) is 0 Å². The van der Waals surface area contributed by atoms with E-state index in [1.807, 2.05) is 29.8 Å². The zero-order valence-corrected chi connectivity index (χ0v) is 10.9. The number of fused-ring (bicyclic) bond motifs is 1. The maximum absolute atomic E-state index is 9.00. The van der Waals surface area contributed by atoms with Gasteiger partial charge >= 0.3 is 0 Å². The van der Waals surface area contributed by atoms with Crippen molar-refractivity contribution in [3.05, 3.63) is 23.9 Å². The standard InChI is InChI=1S/C13H17N5O/c1-9-3-2-4-11(15-9)12-16-13-14-7-10(5-6-19)8-18(13)17-12/h2-4,10,19H,5-8H2,1H3,(H,14,16,17). The van der Waals surface area contributed by atoms with Gasteiger partial charge in [-0.1, -0.05) is 6.07 Å². The SMILES string of the molecule is Cc1cccc(-c2nc3n(n2)CC(CCO)CN3)n1. The van der Waals surface area contributed by atoms with Crippen LogP contribution in [0, 0.1) is 12.8 Å². The lowest BCUT2D eigenvalue weighted by Crippen LogP contribution is -2.28. The Kier molecular flexibility index (Phi) is 3.16. The van der Waals surface area contributed by atoms with Crippen LogP contribution in [0.2, 0.25) is 0 Å². The van der Waals surface area contributed by atoms with Gasteiger partial charge in [0.25, 0.3) is 0 Å². The molecule has 2 N–H and O–H groups in total. The molecular formula is C13H17N5O. The third kappa shape index (κ3) is 2.44. The number of anilines is 1. The molecule has 0 spiro atoms. The van der Waals surface area contributed by atoms with Crippen LogP contribution in [0.1, 0.15) is 12.1 Å². The molecule has 1 aliphatic heterocycles. The second kappa shape index (κ2) is 4.97. The molecule has 0 saturated carbocycles. The second-order valence-electron chi connectivity index (χ2n) is 4.86. The van der Waals surface area contributed by atoms with Crippen molar-refractivity contribution in [3.63, 3.8) is 0 Å². The van der Waals surface area contributed by atoms with E-state index in [-0.39, 0.29) is 6.61 Å². The van der Waals surface area contributed by atoms with Crippen molar-refractivity contribution in [1.29, 1.82) is 0 Å². The summed E-state index contributed by atoms with van der Waals surface area (Å²) in [6.07, 6.45) is 0.782. The van der Waals surface area contributed by atoms with Crippen molar-refractivity contribution in [1.82, 2.24) is 19.7 Å². The van der Waals surface area contributed by atoms with Crippen LogP contribution >= 0.6 is 0 Å². The number of aryl methyl sites for hydroxylation is 1. The number of rotatable bonds is 3. The summed E-state index contributed by atoms with van der Waals surface area (Å²) in [6.45, 7) is 3.79. The lowest BCUT2D eigenvalue weighted by atomic mass is 10.1. The summed E-state index contributed by atoms with van der Waals surface area (Å²) in [5.41, 5.74) is 1.75. The van der Waals surface area contributed by atoms with Gasteiger partial charge < -0.3 is 10.4 Å². The quantitative estimate of drug-likeness (QED) is 0.862. The molecule has 6 nitrogen and oxygen atoms in total. The van der Waals surface area contributed by atoms with E-state index in [1.54, 1.807) is 0 Å². The van der Waals surface area contributed by atoms with Crippen LogP contribution in [0.15, 0.2) is 18.2 Å². The molecule has 1 unspecified atom stereocenters. The minimum absolute atomic E-state index is 0.211. The third-order valence-electron chi connectivity index (χ3n) is 3.31. The number of pyridine rings is 1. The van der Waals surface area contributed by atoms with E-state index in [0.29, 0.717) is 11.7 Å². The van der Waals surface area contributed by atoms with E-state index < -0.39 is 0 Å². The Morgan fingerprint density at radius 1 is 1.42 bits per heavy atom. The van der Waals surface area contributed by atoms with Gasteiger partial charge in [0, 0.05) is 25.4 Å². The molecule has 100 valence electrons. The van der Waals surface area contributed by atoms with Crippen LogP contribution in [-0.2, 0) is 6.54 Å². The summed E-state index contributed by atoms with van der Waals surface area (Å²) < 4.78 is 1.86. The monoisotopic (exact) mass is 259 g/mol. The molecule has 0 bridgehead atoms. The van der Waals surface area contributed by atoms with Gasteiger partial charge in [0.05, 0.1) is 0 Å². The Hall–Kier alpha value is -1.95. The minimum atomic E-state index is 0.211. The maximum Gasteiger partial charge on any atom is 0.221 e. The molecule has 0 fully saturated rings. The largest absolute Gasteiger partial charge is 0.396 e. The first-order chi connectivity index (χ1) is 9.26. The van der Waals surface area contributed by atoms with E-state index in [1.165, 1.54) is 0 Å². The summed E-state index contributed by atoms with van der Waals surface area (Å²) in [5, 5.41) is 16.7. The predicted octanol–water partition coefficient (Wildman–Crippen LogP) is 1.07. The van der Waals surface area contributed by atoms with Gasteiger partial charge in [-0.05, 0) is 31.4 Å². The van der Waals surface area contributed by atoms with Gasteiger partial charge in [-0.2, -0.15) is 4.98 Å². The van der Waals surface area contributed by atoms with Gasteiger partial charge in [-0.3, -0.25) is 0 Å². The average molecular weight is 259 g/mol. The molecule has 0 saturated heterocycles. The topological polar surface area (TPSA) is 75.9 Å². The normalized spacial score (nSPS) is 17.9. The van der Waals surface area contributed by atoms with Crippen molar-refractivity contribution >= 4 is 5.95 Å². The molecule has 0 radical (unpaired) electrons. The first kappa shape index (κ1) is 12.1. The average Bonchev–Trinajstić information content (AvgIpc) is 2.82. The van der Waals surface area contributed by atoms with E-state index in [9.17, 15) is 0 Å². The van der Waals surface area contributed by atoms with Crippen LogP contribution in [0.4, 0.5) is 5.95 Å². The maximum atomic E-state index is 9.00. The van der Waals surface area contributed by atoms with Crippen LogP contribution in [0.3, 0.4) is 0 Å². The number of aromatic nitrogens is 4. The Morgan fingerprint density at radius 2 is 2.32 bits per heavy atom. The highest BCUT2D eigenvalue weighted by Crippen LogP contribution is 2.21. The van der Waals surface area contributed by atoms with Gasteiger partial charge in [0.1, 0.15) is 5.69 Å². The Balaban J connectivity index is 1.87. The van der Waals surface area contributed by atoms with Gasteiger partial charge in [0.2, 0.25) is 11.8 Å². The summed E-state index contributed by atoms with van der Waals surface area (Å²) >= 11 is 0. The minimum Gasteiger partial charge on any atom is -0.396 e. The summed E-state index contributed by atoms with van der Waals surface area (Å²) in [4.78, 5) is 8.91. The van der Waals surface area contributed by atoms with Crippen molar-refractivity contribution in [3.8, 4) is 11.5 Å². The summed E-state index contributed by atoms with van der Waals surface area (Å²) in [5.74, 6) is 1.83. The lowest BCUT2D eigenvalue weighted by molar-refractivity contribution is 0.244. The molecule has 3 heterocycles. The van der Waals surface area contributed by atoms with E-state index in [4.69, 9.17) is 5.11 Å². The molecule has 1 atom stereocenters. The van der Waals surface area contributed by atoms with Crippen molar-refractivity contribution in [2.45, 2.75) is 19.9 Å². The fourth-order valence-corrected chi connectivity index (χ4v) is 2.30. The molecule has 19 heavy (non-hydrogen) atoms. The van der Waals surface area contributed by atoms with Crippen molar-refractivity contribution in [2.24, 2.45) is 5.92 Å². The highest BCUT2D eigenvalue weighted by atomic mass is 16.3. The zero-order chi connectivity index (χ0) is 13.2. The highest BCUT2D eigenvalue weighted by Gasteiger charge is 2.21. The predicted molar refractivity (Wildman–Crippen MR) is 71.7 cm³/mol. The highest BCUT2D eigenvalue weighted by molar-refractivity contribution is 5.51. The van der Waals surface area contributed by atoms with E-state index in [0.717, 1.165) is 36.8 Å². The molecule has 0 amide bonds. The first-order valence-corrected chi connectivity index (χ1v) is 6.50. The third-order valence-corrected chi connectivity index (χ3v) is 3.31. The zero-order valence-electron chi connectivity index (χ0n) is 10.9. The van der Waals surface area contributed by atoms with Crippen LogP contribution in [0.25, 0.3) is 11.5 Å². The molecular weight excluding hydrogens is 242 g/mol. The summed E-state index contributed by atoms with van der Waals surface area (Å²) in [7, 11) is 0. The number of hydrogen-bond acceptors (Lipinski definition) is 5. The van der Waals surface area contributed by atoms with E-state index in [2.05, 4.69) is 20.4 Å². The first-order valence-electron chi connectivity index (χ1n) is 6.50. The molecule has 2 aromatic rings. The number of hydrogen-bond donors (Lipinski definition) is 2. The molecule has 3 rings (SSSR count). The van der Waals surface area contributed by atoms with Gasteiger partial charge in [-0.25, -0.2) is 9.67 Å². The smallest absolute Gasteiger partial charge is 0.221 e. The molecule has 0 aliphatic carbocycles. The van der Waals surface area contributed by atoms with Gasteiger partial charge in [-0.15, -0.1) is 5.10 Å². The fraction of sp³-hybridized carbons (Fsp3) is 0.462. The molecule has 0 aromatic carbocycles. The number of aliphatic hydroxyl groups excluding tert-OH is 1. The number of nitrogens with zero attached hydrogens (tertiary/aromatic N) is 4. The fourth-order valence-electron chi connectivity index (χ4n) is 2.30. The van der Waals surface area contributed by atoms with Crippen LogP contribution < -0.4 is 5.32 Å². The van der Waals surface area contributed by atoms with Crippen molar-refractivity contribution in [2.75, 3.05) is 18.5 Å². The molecule has 2 aromatic heterocycles. The lowest BCUT2D eigenvalue weighted by Gasteiger charge is -2.22. The Bertz CT molecular complexity index is 580. The molecule has 1 aliphatic rings. The summed E-state index contributed by atoms with van der Waals surface area (Å²) in [6, 6.07) is 5.83. The second-order valence-corrected chi connectivity index (χ2v) is 4.86. The number of nitrogens with one attached hydrogen (secondary N) is 1. The van der Waals surface area contributed by atoms with Crippen molar-refractivity contribution < 1.29 is 5.11 Å². The number of aliphatic hydroxyl groups is 1.